The third-order valence-corrected chi connectivity index (χ3v) is 4.33. The lowest BCUT2D eigenvalue weighted by atomic mass is 9.95. The molecule has 23 heavy (non-hydrogen) atoms. The highest BCUT2D eigenvalue weighted by atomic mass is 16.5. The summed E-state index contributed by atoms with van der Waals surface area (Å²) in [6, 6.07) is 4.42. The maximum atomic E-state index is 5.72. The van der Waals surface area contributed by atoms with E-state index in [4.69, 9.17) is 4.74 Å². The first-order valence-electron chi connectivity index (χ1n) is 8.20. The highest BCUT2D eigenvalue weighted by molar-refractivity contribution is 5.46. The summed E-state index contributed by atoms with van der Waals surface area (Å²) in [5.74, 6) is 2.57. The summed E-state index contributed by atoms with van der Waals surface area (Å²) in [5.41, 5.74) is 2.45. The van der Waals surface area contributed by atoms with Crippen molar-refractivity contribution in [3.8, 4) is 0 Å². The molecule has 122 valence electrons. The van der Waals surface area contributed by atoms with Gasteiger partial charge in [-0.2, -0.15) is 0 Å². The maximum Gasteiger partial charge on any atom is 0.133 e. The molecule has 2 aromatic rings. The first-order valence-corrected chi connectivity index (χ1v) is 8.20. The van der Waals surface area contributed by atoms with Crippen molar-refractivity contribution in [3.05, 3.63) is 47.7 Å². The van der Waals surface area contributed by atoms with E-state index in [0.29, 0.717) is 11.8 Å². The molecule has 1 fully saturated rings. The number of hydrogen-bond acceptors (Lipinski definition) is 5. The summed E-state index contributed by atoms with van der Waals surface area (Å²) >= 11 is 0. The van der Waals surface area contributed by atoms with Gasteiger partial charge in [0.15, 0.2) is 0 Å². The zero-order valence-electron chi connectivity index (χ0n) is 14.0. The summed E-state index contributed by atoms with van der Waals surface area (Å²) in [7, 11) is 0. The highest BCUT2D eigenvalue weighted by Gasteiger charge is 2.29. The van der Waals surface area contributed by atoms with Gasteiger partial charge in [-0.05, 0) is 37.0 Å². The van der Waals surface area contributed by atoms with E-state index in [1.165, 1.54) is 5.56 Å². The Morgan fingerprint density at radius 1 is 1.26 bits per heavy atom. The molecule has 5 nitrogen and oxygen atoms in total. The van der Waals surface area contributed by atoms with Crippen LogP contribution in [0.5, 0.6) is 0 Å². The Morgan fingerprint density at radius 3 is 2.78 bits per heavy atom. The van der Waals surface area contributed by atoms with Crippen LogP contribution in [0, 0.1) is 12.8 Å². The Labute approximate surface area is 137 Å². The number of hydrogen-bond donors (Lipinski definition) is 1. The van der Waals surface area contributed by atoms with Crippen LogP contribution in [0.25, 0.3) is 0 Å². The van der Waals surface area contributed by atoms with Gasteiger partial charge in [0.2, 0.25) is 0 Å². The molecule has 1 saturated heterocycles. The van der Waals surface area contributed by atoms with Crippen LogP contribution < -0.4 is 5.32 Å². The lowest BCUT2D eigenvalue weighted by Gasteiger charge is -2.22. The van der Waals surface area contributed by atoms with E-state index < -0.39 is 0 Å². The zero-order valence-corrected chi connectivity index (χ0v) is 14.0. The van der Waals surface area contributed by atoms with Gasteiger partial charge >= 0.3 is 0 Å². The van der Waals surface area contributed by atoms with Crippen LogP contribution in [0.3, 0.4) is 0 Å². The SMILES string of the molecule is Cc1ncc(C(C)C)c(N[C@@H]2COC[C@H]2Cc2ccncc2)n1. The summed E-state index contributed by atoms with van der Waals surface area (Å²) < 4.78 is 5.72. The molecule has 0 bridgehead atoms. The molecule has 3 rings (SSSR count). The molecule has 0 aromatic carbocycles. The van der Waals surface area contributed by atoms with E-state index in [2.05, 4.69) is 46.2 Å². The van der Waals surface area contributed by atoms with E-state index in [0.717, 1.165) is 36.8 Å². The lowest BCUT2D eigenvalue weighted by Crippen LogP contribution is -2.30. The van der Waals surface area contributed by atoms with Gasteiger partial charge in [-0.3, -0.25) is 4.98 Å². The van der Waals surface area contributed by atoms with Gasteiger partial charge < -0.3 is 10.1 Å². The van der Waals surface area contributed by atoms with Crippen molar-refractivity contribution >= 4 is 5.82 Å². The third kappa shape index (κ3) is 3.85. The number of anilines is 1. The van der Waals surface area contributed by atoms with Crippen LogP contribution >= 0.6 is 0 Å². The first-order chi connectivity index (χ1) is 11.1. The summed E-state index contributed by atoms with van der Waals surface area (Å²) in [6.45, 7) is 7.75. The minimum Gasteiger partial charge on any atom is -0.379 e. The predicted molar refractivity (Wildman–Crippen MR) is 90.5 cm³/mol. The lowest BCUT2D eigenvalue weighted by molar-refractivity contribution is 0.185. The minimum absolute atomic E-state index is 0.273. The molecular formula is C18H24N4O. The van der Waals surface area contributed by atoms with Crippen molar-refractivity contribution < 1.29 is 4.74 Å². The van der Waals surface area contributed by atoms with Crippen molar-refractivity contribution in [3.63, 3.8) is 0 Å². The third-order valence-electron chi connectivity index (χ3n) is 4.33. The Hall–Kier alpha value is -2.01. The Kier molecular flexibility index (Phi) is 4.86. The topological polar surface area (TPSA) is 59.9 Å². The predicted octanol–water partition coefficient (Wildman–Crippen LogP) is 2.97. The number of rotatable bonds is 5. The van der Waals surface area contributed by atoms with Gasteiger partial charge in [0.1, 0.15) is 11.6 Å². The van der Waals surface area contributed by atoms with E-state index in [-0.39, 0.29) is 6.04 Å². The standard InChI is InChI=1S/C18H24N4O/c1-12(2)16-9-20-13(3)21-18(16)22-17-11-23-10-15(17)8-14-4-6-19-7-5-14/h4-7,9,12,15,17H,8,10-11H2,1-3H3,(H,20,21,22)/t15-,17-/m1/s1. The quantitative estimate of drug-likeness (QED) is 0.920. The normalized spacial score (nSPS) is 20.9. The van der Waals surface area contributed by atoms with Crippen LogP contribution in [0.2, 0.25) is 0 Å². The molecule has 0 unspecified atom stereocenters. The number of ether oxygens (including phenoxy) is 1. The van der Waals surface area contributed by atoms with Gasteiger partial charge in [0.05, 0.1) is 19.3 Å². The van der Waals surface area contributed by atoms with Crippen molar-refractivity contribution in [2.75, 3.05) is 18.5 Å². The second-order valence-electron chi connectivity index (χ2n) is 6.48. The smallest absolute Gasteiger partial charge is 0.133 e. The molecular weight excluding hydrogens is 288 g/mol. The van der Waals surface area contributed by atoms with E-state index in [9.17, 15) is 0 Å². The fraction of sp³-hybridized carbons (Fsp3) is 0.500. The highest BCUT2D eigenvalue weighted by Crippen LogP contribution is 2.26. The maximum absolute atomic E-state index is 5.72. The van der Waals surface area contributed by atoms with Gasteiger partial charge in [-0.1, -0.05) is 13.8 Å². The van der Waals surface area contributed by atoms with Crippen molar-refractivity contribution in [2.24, 2.45) is 5.92 Å². The molecule has 2 aromatic heterocycles. The molecule has 0 aliphatic carbocycles. The van der Waals surface area contributed by atoms with Gasteiger partial charge in [-0.15, -0.1) is 0 Å². The Bertz CT molecular complexity index is 645. The summed E-state index contributed by atoms with van der Waals surface area (Å²) in [4.78, 5) is 13.0. The molecule has 0 amide bonds. The van der Waals surface area contributed by atoms with E-state index in [1.54, 1.807) is 0 Å². The summed E-state index contributed by atoms with van der Waals surface area (Å²) in [6.07, 6.45) is 6.61. The number of nitrogens with zero attached hydrogens (tertiary/aromatic N) is 3. The zero-order chi connectivity index (χ0) is 16.2. The minimum atomic E-state index is 0.273. The van der Waals surface area contributed by atoms with Gasteiger partial charge in [-0.25, -0.2) is 9.97 Å². The van der Waals surface area contributed by atoms with Crippen molar-refractivity contribution in [1.29, 1.82) is 0 Å². The van der Waals surface area contributed by atoms with E-state index in [1.807, 2.05) is 25.5 Å². The second-order valence-corrected chi connectivity index (χ2v) is 6.48. The van der Waals surface area contributed by atoms with Crippen molar-refractivity contribution in [1.82, 2.24) is 15.0 Å². The molecule has 1 aliphatic rings. The van der Waals surface area contributed by atoms with E-state index >= 15 is 0 Å². The molecule has 1 N–H and O–H groups in total. The molecule has 5 heteroatoms. The van der Waals surface area contributed by atoms with Crippen LogP contribution in [0.15, 0.2) is 30.7 Å². The molecule has 2 atom stereocenters. The van der Waals surface area contributed by atoms with Crippen LogP contribution in [0.1, 0.15) is 36.7 Å². The largest absolute Gasteiger partial charge is 0.379 e. The number of nitrogens with one attached hydrogen (secondary N) is 1. The second kappa shape index (κ2) is 7.04. The molecule has 1 aliphatic heterocycles. The molecule has 3 heterocycles. The molecule has 0 spiro atoms. The Morgan fingerprint density at radius 2 is 2.04 bits per heavy atom. The summed E-state index contributed by atoms with van der Waals surface area (Å²) in [5, 5.41) is 3.61. The van der Waals surface area contributed by atoms with Crippen LogP contribution in [-0.2, 0) is 11.2 Å². The van der Waals surface area contributed by atoms with Crippen LogP contribution in [-0.4, -0.2) is 34.2 Å². The fourth-order valence-electron chi connectivity index (χ4n) is 2.97. The van der Waals surface area contributed by atoms with Crippen molar-refractivity contribution in [2.45, 2.75) is 39.2 Å². The molecule has 0 radical (unpaired) electrons. The first kappa shape index (κ1) is 15.9. The monoisotopic (exact) mass is 312 g/mol. The average molecular weight is 312 g/mol. The number of aromatic nitrogens is 3. The van der Waals surface area contributed by atoms with Crippen LogP contribution in [0.4, 0.5) is 5.82 Å². The number of aryl methyl sites for hydroxylation is 1. The van der Waals surface area contributed by atoms with Gasteiger partial charge in [0.25, 0.3) is 0 Å². The molecule has 0 saturated carbocycles. The fourth-order valence-corrected chi connectivity index (χ4v) is 2.97. The number of pyridine rings is 1. The average Bonchev–Trinajstić information content (AvgIpc) is 2.95. The van der Waals surface area contributed by atoms with Gasteiger partial charge in [0, 0.05) is 30.1 Å². The Balaban J connectivity index is 1.75.